The number of methoxy groups -OCH3 is 2. The second-order valence-corrected chi connectivity index (χ2v) is 12.1. The fraction of sp³-hybridized carbons (Fsp3) is 0.344. The summed E-state index contributed by atoms with van der Waals surface area (Å²) in [7, 11) is 5.15. The molecule has 2 heterocycles. The highest BCUT2D eigenvalue weighted by molar-refractivity contribution is 7.07. The number of allylic oxidation sites excluding steroid dienone is 2. The summed E-state index contributed by atoms with van der Waals surface area (Å²) in [4.78, 5) is 19.2. The Balaban J connectivity index is 1.52. The Hall–Kier alpha value is -4.11. The van der Waals surface area contributed by atoms with Crippen LogP contribution in [0.5, 0.6) is 11.5 Å². The third-order valence-corrected chi connectivity index (χ3v) is 9.75. The molecule has 9 heteroatoms. The van der Waals surface area contributed by atoms with Gasteiger partial charge in [0.15, 0.2) is 5.69 Å². The van der Waals surface area contributed by atoms with Crippen molar-refractivity contribution in [3.63, 3.8) is 0 Å². The number of para-hydroxylation sites is 1. The highest BCUT2D eigenvalue weighted by atomic mass is 32.1. The van der Waals surface area contributed by atoms with Gasteiger partial charge < -0.3 is 9.47 Å². The van der Waals surface area contributed by atoms with Crippen molar-refractivity contribution in [1.82, 2.24) is 14.0 Å². The van der Waals surface area contributed by atoms with Crippen LogP contribution in [-0.4, -0.2) is 34.5 Å². The second-order valence-electron chi connectivity index (χ2n) is 11.3. The van der Waals surface area contributed by atoms with E-state index in [0.29, 0.717) is 27.9 Å². The van der Waals surface area contributed by atoms with E-state index < -0.39 is 0 Å². The van der Waals surface area contributed by atoms with E-state index in [9.17, 15) is 4.79 Å². The average Bonchev–Trinajstić information content (AvgIpc) is 3.49. The zero-order chi connectivity index (χ0) is 28.9. The Kier molecular flexibility index (Phi) is 6.85. The van der Waals surface area contributed by atoms with Gasteiger partial charge in [0.25, 0.3) is 5.56 Å². The van der Waals surface area contributed by atoms with E-state index >= 15 is 0 Å². The van der Waals surface area contributed by atoms with Gasteiger partial charge in [-0.05, 0) is 66.9 Å². The fourth-order valence-electron chi connectivity index (χ4n) is 6.13. The third-order valence-electron chi connectivity index (χ3n) is 8.93. The van der Waals surface area contributed by atoms with Crippen molar-refractivity contribution in [2.75, 3.05) is 14.2 Å². The molecule has 3 aliphatic rings. The minimum Gasteiger partial charge on any atom is -0.497 e. The van der Waals surface area contributed by atoms with Crippen LogP contribution in [0, 0.1) is 24.2 Å². The molecule has 212 valence electrons. The molecule has 1 fully saturated rings. The number of ether oxygens (including phenoxy) is 2. The van der Waals surface area contributed by atoms with Crippen molar-refractivity contribution in [1.29, 1.82) is 0 Å². The SMILES string of the molecule is COc1ccc(-c2csc(=Nc3c(C)n(C)n(-c4ccccc4)c3=O)n2N=CC2=CCC3CC2C3(C)C)c(OC)c1. The molecule has 4 aromatic rings. The second kappa shape index (κ2) is 10.4. The fourth-order valence-corrected chi connectivity index (χ4v) is 6.97. The maximum Gasteiger partial charge on any atom is 0.297 e. The number of hydrogen-bond acceptors (Lipinski definition) is 6. The Morgan fingerprint density at radius 3 is 2.56 bits per heavy atom. The van der Waals surface area contributed by atoms with Gasteiger partial charge in [0.2, 0.25) is 4.80 Å². The van der Waals surface area contributed by atoms with Crippen LogP contribution in [0.4, 0.5) is 5.69 Å². The van der Waals surface area contributed by atoms with Crippen molar-refractivity contribution < 1.29 is 9.47 Å². The maximum atomic E-state index is 13.7. The van der Waals surface area contributed by atoms with Crippen LogP contribution in [0.25, 0.3) is 16.9 Å². The highest BCUT2D eigenvalue weighted by Gasteiger charge is 2.50. The molecule has 41 heavy (non-hydrogen) atoms. The van der Waals surface area contributed by atoms with Crippen molar-refractivity contribution in [2.45, 2.75) is 33.6 Å². The summed E-state index contributed by atoms with van der Waals surface area (Å²) in [6.45, 7) is 6.62. The molecule has 0 N–H and O–H groups in total. The van der Waals surface area contributed by atoms with E-state index in [-0.39, 0.29) is 11.0 Å². The number of rotatable bonds is 7. The molecule has 0 saturated heterocycles. The molecule has 1 saturated carbocycles. The Morgan fingerprint density at radius 2 is 1.88 bits per heavy atom. The maximum absolute atomic E-state index is 13.7. The smallest absolute Gasteiger partial charge is 0.297 e. The van der Waals surface area contributed by atoms with Crippen LogP contribution in [0.3, 0.4) is 0 Å². The van der Waals surface area contributed by atoms with E-state index in [2.05, 4.69) is 19.9 Å². The third kappa shape index (κ3) is 4.48. The standard InChI is InChI=1S/C32H35N5O3S/c1-20-29(30(38)37(35(20)4)23-10-8-7-9-11-23)34-31-36(33-18-21-12-13-22-16-26(21)32(22,2)3)27(19-41-31)25-15-14-24(39-5)17-28(25)40-6/h7-12,14-15,17-19,22,26H,13,16H2,1-6H3. The molecule has 2 aromatic heterocycles. The summed E-state index contributed by atoms with van der Waals surface area (Å²) in [6, 6.07) is 15.3. The number of aromatic nitrogens is 3. The van der Waals surface area contributed by atoms with E-state index in [1.165, 1.54) is 23.3 Å². The largest absolute Gasteiger partial charge is 0.497 e. The summed E-state index contributed by atoms with van der Waals surface area (Å²) in [6.07, 6.45) is 6.59. The lowest BCUT2D eigenvalue weighted by atomic mass is 9.49. The van der Waals surface area contributed by atoms with Crippen molar-refractivity contribution in [3.05, 3.63) is 86.4 Å². The van der Waals surface area contributed by atoms with Crippen LogP contribution in [0.1, 0.15) is 32.4 Å². The van der Waals surface area contributed by atoms with Gasteiger partial charge in [-0.25, -0.2) is 14.4 Å². The quantitative estimate of drug-likeness (QED) is 0.253. The van der Waals surface area contributed by atoms with Gasteiger partial charge >= 0.3 is 0 Å². The van der Waals surface area contributed by atoms with Crippen LogP contribution in [0.15, 0.2) is 80.4 Å². The van der Waals surface area contributed by atoms with Crippen LogP contribution < -0.4 is 19.8 Å². The minimum absolute atomic E-state index is 0.180. The van der Waals surface area contributed by atoms with Crippen LogP contribution in [0.2, 0.25) is 0 Å². The molecule has 3 aliphatic carbocycles. The van der Waals surface area contributed by atoms with E-state index in [1.54, 1.807) is 18.9 Å². The number of benzene rings is 2. The summed E-state index contributed by atoms with van der Waals surface area (Å²) in [5.41, 5.74) is 4.99. The first-order chi connectivity index (χ1) is 19.7. The first kappa shape index (κ1) is 27.1. The predicted molar refractivity (Wildman–Crippen MR) is 164 cm³/mol. The number of fused-ring (bicyclic) bond motifs is 1. The number of nitrogens with zero attached hydrogens (tertiary/aromatic N) is 5. The minimum atomic E-state index is -0.180. The van der Waals surface area contributed by atoms with Crippen molar-refractivity contribution >= 4 is 23.2 Å². The molecular weight excluding hydrogens is 534 g/mol. The first-order valence-corrected chi connectivity index (χ1v) is 14.7. The van der Waals surface area contributed by atoms with E-state index in [0.717, 1.165) is 35.0 Å². The molecule has 2 unspecified atom stereocenters. The van der Waals surface area contributed by atoms with E-state index in [4.69, 9.17) is 19.6 Å². The molecule has 0 spiro atoms. The topological polar surface area (TPSA) is 75.0 Å². The zero-order valence-electron chi connectivity index (χ0n) is 24.3. The molecule has 0 aliphatic heterocycles. The Bertz CT molecular complexity index is 1800. The van der Waals surface area contributed by atoms with Crippen molar-refractivity contribution in [2.24, 2.45) is 34.4 Å². The molecule has 2 aromatic carbocycles. The molecule has 2 bridgehead atoms. The molecule has 7 rings (SSSR count). The summed E-state index contributed by atoms with van der Waals surface area (Å²) in [5, 5.41) is 7.01. The predicted octanol–water partition coefficient (Wildman–Crippen LogP) is 6.09. The molecular formula is C32H35N5O3S. The first-order valence-electron chi connectivity index (χ1n) is 13.8. The molecule has 2 atom stereocenters. The number of hydrogen-bond donors (Lipinski definition) is 0. The summed E-state index contributed by atoms with van der Waals surface area (Å²) < 4.78 is 16.5. The van der Waals surface area contributed by atoms with Gasteiger partial charge in [0.05, 0.1) is 37.5 Å². The lowest BCUT2D eigenvalue weighted by molar-refractivity contribution is -0.00126. The van der Waals surface area contributed by atoms with Gasteiger partial charge in [-0.15, -0.1) is 11.3 Å². The highest BCUT2D eigenvalue weighted by Crippen LogP contribution is 2.58. The molecule has 0 amide bonds. The van der Waals surface area contributed by atoms with Gasteiger partial charge in [0.1, 0.15) is 11.5 Å². The average molecular weight is 570 g/mol. The van der Waals surface area contributed by atoms with Gasteiger partial charge in [-0.3, -0.25) is 9.48 Å². The Labute approximate surface area is 243 Å². The van der Waals surface area contributed by atoms with Crippen LogP contribution >= 0.6 is 11.3 Å². The lowest BCUT2D eigenvalue weighted by Gasteiger charge is -2.55. The van der Waals surface area contributed by atoms with Gasteiger partial charge in [-0.1, -0.05) is 38.1 Å². The van der Waals surface area contributed by atoms with Gasteiger partial charge in [-0.2, -0.15) is 5.10 Å². The van der Waals surface area contributed by atoms with Crippen molar-refractivity contribution in [3.8, 4) is 28.4 Å². The number of thiazole rings is 1. The monoisotopic (exact) mass is 569 g/mol. The normalized spacial score (nSPS) is 19.8. The van der Waals surface area contributed by atoms with Gasteiger partial charge in [0, 0.05) is 24.1 Å². The van der Waals surface area contributed by atoms with Crippen LogP contribution in [-0.2, 0) is 7.05 Å². The lowest BCUT2D eigenvalue weighted by Crippen LogP contribution is -2.48. The molecule has 8 nitrogen and oxygen atoms in total. The molecule has 0 radical (unpaired) electrons. The summed E-state index contributed by atoms with van der Waals surface area (Å²) in [5.74, 6) is 2.62. The Morgan fingerprint density at radius 1 is 1.10 bits per heavy atom. The van der Waals surface area contributed by atoms with E-state index in [1.807, 2.05) is 83.5 Å². The summed E-state index contributed by atoms with van der Waals surface area (Å²) >= 11 is 1.44. The zero-order valence-corrected chi connectivity index (χ0v) is 25.1.